The van der Waals surface area contributed by atoms with Gasteiger partial charge in [-0.2, -0.15) is 0 Å². The number of piperazine rings is 1. The van der Waals surface area contributed by atoms with E-state index in [2.05, 4.69) is 30.5 Å². The molecule has 3 aromatic heterocycles. The van der Waals surface area contributed by atoms with Gasteiger partial charge in [0.05, 0.1) is 21.5 Å². The molecule has 1 fully saturated rings. The Morgan fingerprint density at radius 2 is 1.83 bits per heavy atom. The third-order valence-corrected chi connectivity index (χ3v) is 9.10. The van der Waals surface area contributed by atoms with Gasteiger partial charge in [-0.05, 0) is 63.1 Å². The van der Waals surface area contributed by atoms with Gasteiger partial charge in [0.2, 0.25) is 0 Å². The number of anilines is 4. The Morgan fingerprint density at radius 3 is 2.59 bits per heavy atom. The lowest BCUT2D eigenvalue weighted by atomic mass is 10.0. The van der Waals surface area contributed by atoms with E-state index in [0.717, 1.165) is 27.6 Å². The first kappa shape index (κ1) is 31.5. The van der Waals surface area contributed by atoms with Crippen LogP contribution in [0, 0.1) is 6.92 Å². The maximum Gasteiger partial charge on any atom is 0.410 e. The number of thiophene rings is 1. The topological polar surface area (TPSA) is 139 Å². The summed E-state index contributed by atoms with van der Waals surface area (Å²) in [6.45, 7) is 10.8. The van der Waals surface area contributed by atoms with E-state index in [1.807, 2.05) is 64.1 Å². The van der Waals surface area contributed by atoms with Gasteiger partial charge in [0, 0.05) is 65.8 Å². The molecule has 0 spiro atoms. The van der Waals surface area contributed by atoms with Crippen molar-refractivity contribution in [1.29, 1.82) is 0 Å². The summed E-state index contributed by atoms with van der Waals surface area (Å²) >= 11 is 7.97. The highest BCUT2D eigenvalue weighted by molar-refractivity contribution is 7.18. The molecule has 0 saturated carbocycles. The van der Waals surface area contributed by atoms with Gasteiger partial charge in [0.15, 0.2) is 0 Å². The van der Waals surface area contributed by atoms with Crippen LogP contribution in [-0.2, 0) is 11.3 Å². The molecule has 4 N–H and O–H groups in total. The van der Waals surface area contributed by atoms with Crippen molar-refractivity contribution in [2.24, 2.45) is 0 Å². The molecule has 0 aliphatic carbocycles. The van der Waals surface area contributed by atoms with E-state index in [1.54, 1.807) is 16.5 Å². The maximum absolute atomic E-state index is 13.4. The van der Waals surface area contributed by atoms with Crippen molar-refractivity contribution in [1.82, 2.24) is 24.8 Å². The van der Waals surface area contributed by atoms with E-state index >= 15 is 0 Å². The molecule has 13 heteroatoms. The summed E-state index contributed by atoms with van der Waals surface area (Å²) in [6, 6.07) is 11.7. The minimum Gasteiger partial charge on any atom is -0.444 e. The molecule has 2 amide bonds. The van der Waals surface area contributed by atoms with Crippen LogP contribution in [0.3, 0.4) is 0 Å². The Hall–Kier alpha value is -4.52. The number of nitrogens with zero attached hydrogens (tertiary/aromatic N) is 5. The number of ether oxygens (including phenoxy) is 1. The summed E-state index contributed by atoms with van der Waals surface area (Å²) in [5.74, 6) is 0.720. The van der Waals surface area contributed by atoms with Crippen molar-refractivity contribution in [2.45, 2.75) is 39.8 Å². The molecule has 6 rings (SSSR count). The molecule has 238 valence electrons. The molecule has 0 unspecified atom stereocenters. The lowest BCUT2D eigenvalue weighted by Gasteiger charge is -2.35. The Labute approximate surface area is 275 Å². The quantitative estimate of drug-likeness (QED) is 0.179. The summed E-state index contributed by atoms with van der Waals surface area (Å²) in [4.78, 5) is 42.9. The first-order chi connectivity index (χ1) is 22.0. The molecule has 0 bridgehead atoms. The fraction of sp³-hybridized carbons (Fsp3) is 0.303. The molecule has 2 aromatic carbocycles. The number of halogens is 1. The van der Waals surface area contributed by atoms with Crippen LogP contribution in [0.4, 0.5) is 27.8 Å². The van der Waals surface area contributed by atoms with Crippen LogP contribution < -0.4 is 16.4 Å². The standard InChI is InChI=1S/C33H35ClN8O3S/c1-19-5-7-23-22(26(19)40-31(43)24-17-46-28-27(24)37-18-38-29(28)35)9-10-36-30(23)39-21-6-8-25(34)20(15-21)16-41-11-13-42(14-12-41)32(44)45-33(2,3)4/h5-10,15,17-18H,11-14,16H2,1-4H3,(H,36,39)(H,40,43)(H2,35,37,38). The smallest absolute Gasteiger partial charge is 0.410 e. The zero-order valence-corrected chi connectivity index (χ0v) is 27.6. The van der Waals surface area contributed by atoms with E-state index in [4.69, 9.17) is 22.1 Å². The van der Waals surface area contributed by atoms with Gasteiger partial charge < -0.3 is 26.0 Å². The van der Waals surface area contributed by atoms with Crippen molar-refractivity contribution in [3.8, 4) is 0 Å². The van der Waals surface area contributed by atoms with Crippen molar-refractivity contribution in [2.75, 3.05) is 42.5 Å². The van der Waals surface area contributed by atoms with Crippen molar-refractivity contribution < 1.29 is 14.3 Å². The SMILES string of the molecule is Cc1ccc2c(Nc3ccc(Cl)c(CN4CCN(C(=O)OC(C)(C)C)CC4)c3)nccc2c1NC(=O)c1csc2c(N)ncnc12. The van der Waals surface area contributed by atoms with Crippen LogP contribution in [0.25, 0.3) is 21.0 Å². The van der Waals surface area contributed by atoms with Gasteiger partial charge in [-0.25, -0.2) is 19.7 Å². The number of nitrogens with one attached hydrogen (secondary N) is 2. The van der Waals surface area contributed by atoms with Crippen LogP contribution in [0.15, 0.2) is 54.3 Å². The monoisotopic (exact) mass is 658 g/mol. The molecular formula is C33H35ClN8O3S. The molecule has 11 nitrogen and oxygen atoms in total. The molecule has 5 aromatic rings. The molecule has 1 aliphatic rings. The minimum absolute atomic E-state index is 0.277. The van der Waals surface area contributed by atoms with Crippen LogP contribution in [-0.4, -0.2) is 68.5 Å². The number of benzene rings is 2. The van der Waals surface area contributed by atoms with Gasteiger partial charge in [0.1, 0.15) is 23.6 Å². The zero-order chi connectivity index (χ0) is 32.6. The van der Waals surface area contributed by atoms with Gasteiger partial charge in [-0.15, -0.1) is 11.3 Å². The van der Waals surface area contributed by atoms with Crippen LogP contribution >= 0.6 is 22.9 Å². The molecule has 1 saturated heterocycles. The first-order valence-electron chi connectivity index (χ1n) is 14.9. The third kappa shape index (κ3) is 6.69. The van der Waals surface area contributed by atoms with E-state index < -0.39 is 5.60 Å². The summed E-state index contributed by atoms with van der Waals surface area (Å²) < 4.78 is 6.21. The third-order valence-electron chi connectivity index (χ3n) is 7.74. The van der Waals surface area contributed by atoms with Gasteiger partial charge in [-0.3, -0.25) is 9.69 Å². The Morgan fingerprint density at radius 1 is 1.04 bits per heavy atom. The Kier molecular flexibility index (Phi) is 8.69. The minimum atomic E-state index is -0.521. The van der Waals surface area contributed by atoms with E-state index in [1.165, 1.54) is 17.7 Å². The van der Waals surface area contributed by atoms with Crippen LogP contribution in [0.1, 0.15) is 42.3 Å². The molecule has 0 radical (unpaired) electrons. The summed E-state index contributed by atoms with van der Waals surface area (Å²) in [6.07, 6.45) is 2.80. The van der Waals surface area contributed by atoms with E-state index in [-0.39, 0.29) is 12.0 Å². The number of aromatic nitrogens is 3. The number of aryl methyl sites for hydroxylation is 1. The van der Waals surface area contributed by atoms with Crippen molar-refractivity contribution in [3.63, 3.8) is 0 Å². The normalized spacial score (nSPS) is 14.1. The van der Waals surface area contributed by atoms with E-state index in [9.17, 15) is 9.59 Å². The average molecular weight is 659 g/mol. The predicted octanol–water partition coefficient (Wildman–Crippen LogP) is 6.83. The van der Waals surface area contributed by atoms with Crippen molar-refractivity contribution >= 4 is 78.9 Å². The molecule has 4 heterocycles. The Bertz CT molecular complexity index is 1950. The average Bonchev–Trinajstić information content (AvgIpc) is 3.46. The highest BCUT2D eigenvalue weighted by Gasteiger charge is 2.26. The number of rotatable bonds is 6. The maximum atomic E-state index is 13.4. The second kappa shape index (κ2) is 12.7. The molecule has 0 atom stereocenters. The largest absolute Gasteiger partial charge is 0.444 e. The summed E-state index contributed by atoms with van der Waals surface area (Å²) in [5.41, 5.74) is 9.83. The number of hydrogen-bond acceptors (Lipinski definition) is 10. The first-order valence-corrected chi connectivity index (χ1v) is 16.2. The fourth-order valence-corrected chi connectivity index (χ4v) is 6.49. The number of nitrogen functional groups attached to an aromatic ring is 1. The number of pyridine rings is 1. The second-order valence-electron chi connectivity index (χ2n) is 12.2. The molecular weight excluding hydrogens is 624 g/mol. The summed E-state index contributed by atoms with van der Waals surface area (Å²) in [5, 5.41) is 10.7. The van der Waals surface area contributed by atoms with Gasteiger partial charge in [-0.1, -0.05) is 23.7 Å². The number of carbonyl (C=O) groups is 2. The van der Waals surface area contributed by atoms with Crippen molar-refractivity contribution in [3.05, 3.63) is 76.0 Å². The highest BCUT2D eigenvalue weighted by Crippen LogP contribution is 2.34. The number of fused-ring (bicyclic) bond motifs is 2. The highest BCUT2D eigenvalue weighted by atomic mass is 35.5. The predicted molar refractivity (Wildman–Crippen MR) is 184 cm³/mol. The Balaban J connectivity index is 1.19. The number of carbonyl (C=O) groups excluding carboxylic acids is 2. The number of hydrogen-bond donors (Lipinski definition) is 3. The van der Waals surface area contributed by atoms with Gasteiger partial charge in [0.25, 0.3) is 5.91 Å². The summed E-state index contributed by atoms with van der Waals surface area (Å²) in [7, 11) is 0. The second-order valence-corrected chi connectivity index (χ2v) is 13.5. The molecule has 1 aliphatic heterocycles. The lowest BCUT2D eigenvalue weighted by Crippen LogP contribution is -2.49. The van der Waals surface area contributed by atoms with E-state index in [0.29, 0.717) is 70.8 Å². The fourth-order valence-electron chi connectivity index (χ4n) is 5.41. The number of nitrogens with two attached hydrogens (primary N) is 1. The van der Waals surface area contributed by atoms with Crippen LogP contribution in [0.2, 0.25) is 5.02 Å². The number of amides is 2. The van der Waals surface area contributed by atoms with Crippen LogP contribution in [0.5, 0.6) is 0 Å². The lowest BCUT2D eigenvalue weighted by molar-refractivity contribution is 0.0139. The molecule has 46 heavy (non-hydrogen) atoms. The zero-order valence-electron chi connectivity index (χ0n) is 26.1. The van der Waals surface area contributed by atoms with Gasteiger partial charge >= 0.3 is 6.09 Å².